The van der Waals surface area contributed by atoms with Crippen LogP contribution in [0.1, 0.15) is 10.5 Å². The maximum Gasteiger partial charge on any atom is 0.273 e. The Morgan fingerprint density at radius 2 is 1.76 bits per heavy atom. The predicted octanol–water partition coefficient (Wildman–Crippen LogP) is 3.03. The lowest BCUT2D eigenvalue weighted by Gasteiger charge is -2.36. The van der Waals surface area contributed by atoms with Gasteiger partial charge < -0.3 is 14.7 Å². The molecule has 3 aromatic rings. The highest BCUT2D eigenvalue weighted by atomic mass is 19.1. The monoisotopic (exact) mass is 394 g/mol. The van der Waals surface area contributed by atoms with Crippen LogP contribution in [0.25, 0.3) is 11.3 Å². The molecule has 0 atom stereocenters. The molecule has 0 bridgehead atoms. The molecule has 150 valence electrons. The number of para-hydroxylation sites is 1. The number of carbonyl (C=O) groups is 1. The van der Waals surface area contributed by atoms with Gasteiger partial charge in [-0.25, -0.2) is 4.39 Å². The zero-order valence-corrected chi connectivity index (χ0v) is 16.1. The number of amides is 1. The van der Waals surface area contributed by atoms with Gasteiger partial charge in [0.1, 0.15) is 5.82 Å². The number of halogens is 1. The summed E-state index contributed by atoms with van der Waals surface area (Å²) in [7, 11) is 0. The van der Waals surface area contributed by atoms with Crippen molar-refractivity contribution in [1.29, 1.82) is 0 Å². The van der Waals surface area contributed by atoms with E-state index in [4.69, 9.17) is 4.52 Å². The van der Waals surface area contributed by atoms with Gasteiger partial charge in [0.15, 0.2) is 11.5 Å². The molecule has 6 nitrogen and oxygen atoms in total. The Morgan fingerprint density at radius 3 is 2.52 bits per heavy atom. The lowest BCUT2D eigenvalue weighted by Crippen LogP contribution is -2.48. The fraction of sp³-hybridized carbons (Fsp3) is 0.273. The summed E-state index contributed by atoms with van der Waals surface area (Å²) in [6, 6.07) is 18.1. The smallest absolute Gasteiger partial charge is 0.273 e. The molecule has 1 aliphatic rings. The second-order valence-corrected chi connectivity index (χ2v) is 6.98. The fourth-order valence-electron chi connectivity index (χ4n) is 3.46. The van der Waals surface area contributed by atoms with E-state index in [0.717, 1.165) is 38.3 Å². The van der Waals surface area contributed by atoms with Crippen molar-refractivity contribution < 1.29 is 13.7 Å². The van der Waals surface area contributed by atoms with Crippen molar-refractivity contribution in [2.75, 3.05) is 44.2 Å². The zero-order chi connectivity index (χ0) is 20.1. The van der Waals surface area contributed by atoms with Gasteiger partial charge in [-0.1, -0.05) is 47.6 Å². The van der Waals surface area contributed by atoms with Crippen LogP contribution in [-0.4, -0.2) is 55.2 Å². The summed E-state index contributed by atoms with van der Waals surface area (Å²) in [4.78, 5) is 16.6. The maximum absolute atomic E-state index is 13.9. The van der Waals surface area contributed by atoms with Crippen molar-refractivity contribution in [3.05, 3.63) is 72.2 Å². The summed E-state index contributed by atoms with van der Waals surface area (Å²) in [6.07, 6.45) is 0. The van der Waals surface area contributed by atoms with Crippen molar-refractivity contribution in [3.8, 4) is 11.3 Å². The minimum absolute atomic E-state index is 0.185. The molecule has 1 aromatic heterocycles. The molecule has 1 amide bonds. The maximum atomic E-state index is 13.9. The molecule has 0 aliphatic carbocycles. The molecule has 0 unspecified atom stereocenters. The summed E-state index contributed by atoms with van der Waals surface area (Å²) in [5.74, 6) is 0.136. The van der Waals surface area contributed by atoms with E-state index in [1.54, 1.807) is 12.1 Å². The van der Waals surface area contributed by atoms with Crippen LogP contribution in [0.2, 0.25) is 0 Å². The predicted molar refractivity (Wildman–Crippen MR) is 109 cm³/mol. The Labute approximate surface area is 168 Å². The average Bonchev–Trinajstić information content (AvgIpc) is 3.26. The number of carbonyl (C=O) groups excluding carboxylic acids is 1. The average molecular weight is 394 g/mol. The van der Waals surface area contributed by atoms with Crippen molar-refractivity contribution in [2.45, 2.75) is 0 Å². The molecule has 0 radical (unpaired) electrons. The normalized spacial score (nSPS) is 14.7. The first-order valence-electron chi connectivity index (χ1n) is 9.73. The van der Waals surface area contributed by atoms with Gasteiger partial charge in [-0.2, -0.15) is 0 Å². The van der Waals surface area contributed by atoms with Crippen molar-refractivity contribution >= 4 is 11.6 Å². The Hall–Kier alpha value is -3.19. The topological polar surface area (TPSA) is 61.6 Å². The Morgan fingerprint density at radius 1 is 1.03 bits per heavy atom. The minimum Gasteiger partial charge on any atom is -0.367 e. The largest absolute Gasteiger partial charge is 0.367 e. The third-order valence-electron chi connectivity index (χ3n) is 5.08. The molecule has 0 saturated carbocycles. The molecular formula is C22H23FN4O2. The number of hydrogen-bond acceptors (Lipinski definition) is 5. The molecule has 2 heterocycles. The number of piperazine rings is 1. The standard InChI is InChI=1S/C22H23FN4O2/c23-18-8-4-5-9-20(18)27-14-12-26(13-15-27)11-10-24-22(28)19-16-21(29-25-19)17-6-2-1-3-7-17/h1-9,16H,10-15H2,(H,24,28). The van der Waals surface area contributed by atoms with Crippen molar-refractivity contribution in [2.24, 2.45) is 0 Å². The van der Waals surface area contributed by atoms with E-state index >= 15 is 0 Å². The number of nitrogens with zero attached hydrogens (tertiary/aromatic N) is 3. The molecule has 2 aromatic carbocycles. The van der Waals surface area contributed by atoms with E-state index in [2.05, 4.69) is 20.3 Å². The van der Waals surface area contributed by atoms with Crippen LogP contribution in [0.15, 0.2) is 65.2 Å². The molecule has 29 heavy (non-hydrogen) atoms. The van der Waals surface area contributed by atoms with Crippen LogP contribution in [0.4, 0.5) is 10.1 Å². The summed E-state index contributed by atoms with van der Waals surface area (Å²) in [5, 5.41) is 6.75. The number of benzene rings is 2. The number of aromatic nitrogens is 1. The Bertz CT molecular complexity index is 952. The second-order valence-electron chi connectivity index (χ2n) is 6.98. The molecule has 4 rings (SSSR count). The fourth-order valence-corrected chi connectivity index (χ4v) is 3.46. The molecule has 1 aliphatic heterocycles. The summed E-state index contributed by atoms with van der Waals surface area (Å²) < 4.78 is 19.2. The first-order valence-corrected chi connectivity index (χ1v) is 9.73. The molecule has 1 saturated heterocycles. The van der Waals surface area contributed by atoms with E-state index < -0.39 is 0 Å². The van der Waals surface area contributed by atoms with E-state index in [1.165, 1.54) is 6.07 Å². The van der Waals surface area contributed by atoms with Crippen LogP contribution in [0, 0.1) is 5.82 Å². The molecule has 7 heteroatoms. The zero-order valence-electron chi connectivity index (χ0n) is 16.1. The van der Waals surface area contributed by atoms with Gasteiger partial charge in [0.05, 0.1) is 5.69 Å². The van der Waals surface area contributed by atoms with Gasteiger partial charge in [-0.05, 0) is 12.1 Å². The van der Waals surface area contributed by atoms with Gasteiger partial charge in [0.25, 0.3) is 5.91 Å². The lowest BCUT2D eigenvalue weighted by molar-refractivity contribution is 0.0939. The number of nitrogens with one attached hydrogen (secondary N) is 1. The number of anilines is 1. The molecule has 1 fully saturated rings. The molecule has 1 N–H and O–H groups in total. The van der Waals surface area contributed by atoms with Gasteiger partial charge >= 0.3 is 0 Å². The summed E-state index contributed by atoms with van der Waals surface area (Å²) in [5.41, 5.74) is 1.81. The van der Waals surface area contributed by atoms with E-state index in [0.29, 0.717) is 18.0 Å². The Kier molecular flexibility index (Phi) is 5.86. The second kappa shape index (κ2) is 8.87. The van der Waals surface area contributed by atoms with E-state index in [-0.39, 0.29) is 17.4 Å². The van der Waals surface area contributed by atoms with Gasteiger partial charge in [-0.3, -0.25) is 9.69 Å². The third-order valence-corrected chi connectivity index (χ3v) is 5.08. The number of hydrogen-bond donors (Lipinski definition) is 1. The van der Waals surface area contributed by atoms with E-state index in [1.807, 2.05) is 42.5 Å². The van der Waals surface area contributed by atoms with Crippen LogP contribution in [0.3, 0.4) is 0 Å². The Balaban J connectivity index is 1.22. The highest BCUT2D eigenvalue weighted by molar-refractivity contribution is 5.93. The van der Waals surface area contributed by atoms with Crippen LogP contribution in [0.5, 0.6) is 0 Å². The quantitative estimate of drug-likeness (QED) is 0.696. The lowest BCUT2D eigenvalue weighted by atomic mass is 10.1. The number of rotatable bonds is 6. The van der Waals surface area contributed by atoms with Gasteiger partial charge in [0.2, 0.25) is 0 Å². The van der Waals surface area contributed by atoms with Crippen LogP contribution >= 0.6 is 0 Å². The van der Waals surface area contributed by atoms with E-state index in [9.17, 15) is 9.18 Å². The van der Waals surface area contributed by atoms with Crippen molar-refractivity contribution in [3.63, 3.8) is 0 Å². The highest BCUT2D eigenvalue weighted by Gasteiger charge is 2.19. The van der Waals surface area contributed by atoms with Gasteiger partial charge in [0, 0.05) is 50.9 Å². The highest BCUT2D eigenvalue weighted by Crippen LogP contribution is 2.20. The summed E-state index contributed by atoms with van der Waals surface area (Å²) >= 11 is 0. The molecule has 0 spiro atoms. The molecular weight excluding hydrogens is 371 g/mol. The SMILES string of the molecule is O=C(NCCN1CCN(c2ccccc2F)CC1)c1cc(-c2ccccc2)on1. The first-order chi connectivity index (χ1) is 14.2. The third kappa shape index (κ3) is 4.63. The van der Waals surface area contributed by atoms with Crippen LogP contribution in [-0.2, 0) is 0 Å². The first kappa shape index (κ1) is 19.1. The summed E-state index contributed by atoms with van der Waals surface area (Å²) in [6.45, 7) is 4.43. The minimum atomic E-state index is -0.249. The van der Waals surface area contributed by atoms with Crippen LogP contribution < -0.4 is 10.2 Å². The van der Waals surface area contributed by atoms with Gasteiger partial charge in [-0.15, -0.1) is 0 Å². The van der Waals surface area contributed by atoms with Crippen molar-refractivity contribution in [1.82, 2.24) is 15.4 Å².